The summed E-state index contributed by atoms with van der Waals surface area (Å²) in [4.78, 5) is 0. The van der Waals surface area contributed by atoms with Crippen molar-refractivity contribution in [1.29, 1.82) is 0 Å². The van der Waals surface area contributed by atoms with Crippen molar-refractivity contribution in [1.82, 2.24) is 0 Å². The third-order valence-corrected chi connectivity index (χ3v) is 7.32. The van der Waals surface area contributed by atoms with Gasteiger partial charge in [0.1, 0.15) is 24.1 Å². The van der Waals surface area contributed by atoms with Gasteiger partial charge in [-0.2, -0.15) is 0 Å². The van der Waals surface area contributed by atoms with E-state index < -0.39 is 24.4 Å². The maximum absolute atomic E-state index is 10.1. The molecule has 1 saturated carbocycles. The standard InChI is InChI=1S/C25H29ClO6/c26-20-6-3-16(22-9-21(28)24(29)23(12-27)32-22)8-17(20)7-15-1-4-18(5-2-15)31-19-10-25(11-19)13-30-14-25/h1-6,8,19,21-24,27-29H,7,9-14H2/t21-,22?,23-,24+/m1/s1. The maximum atomic E-state index is 10.1. The zero-order valence-electron chi connectivity index (χ0n) is 17.8. The number of aliphatic hydroxyl groups is 3. The second-order valence-electron chi connectivity index (χ2n) is 9.45. The summed E-state index contributed by atoms with van der Waals surface area (Å²) in [5.41, 5.74) is 3.32. The van der Waals surface area contributed by atoms with Gasteiger partial charge in [0.15, 0.2) is 0 Å². The number of rotatable bonds is 6. The molecule has 0 bridgehead atoms. The van der Waals surface area contributed by atoms with E-state index in [2.05, 4.69) is 12.1 Å². The average Bonchev–Trinajstić information content (AvgIpc) is 2.73. The van der Waals surface area contributed by atoms with E-state index in [1.54, 1.807) is 0 Å². The lowest BCUT2D eigenvalue weighted by atomic mass is 9.65. The molecule has 1 spiro atoms. The van der Waals surface area contributed by atoms with Crippen LogP contribution in [0.1, 0.15) is 42.1 Å². The average molecular weight is 461 g/mol. The van der Waals surface area contributed by atoms with Crippen LogP contribution in [0.25, 0.3) is 0 Å². The van der Waals surface area contributed by atoms with Crippen LogP contribution >= 0.6 is 11.6 Å². The molecule has 1 unspecified atom stereocenters. The van der Waals surface area contributed by atoms with Crippen LogP contribution in [0.5, 0.6) is 5.75 Å². The predicted octanol–water partition coefficient (Wildman–Crippen LogP) is 3.03. The molecule has 5 rings (SSSR count). The van der Waals surface area contributed by atoms with Gasteiger partial charge >= 0.3 is 0 Å². The lowest BCUT2D eigenvalue weighted by molar-refractivity contribution is -0.191. The topological polar surface area (TPSA) is 88.4 Å². The molecule has 3 aliphatic rings. The smallest absolute Gasteiger partial charge is 0.119 e. The van der Waals surface area contributed by atoms with E-state index in [9.17, 15) is 15.3 Å². The summed E-state index contributed by atoms with van der Waals surface area (Å²) in [5, 5.41) is 30.2. The summed E-state index contributed by atoms with van der Waals surface area (Å²) < 4.78 is 17.2. The SMILES string of the molecule is OC[C@H]1OC(c2ccc(Cl)c(Cc3ccc(OC4CC5(COC5)C4)cc3)c2)C[C@@H](O)[C@@H]1O. The number of benzene rings is 2. The summed E-state index contributed by atoms with van der Waals surface area (Å²) in [6.45, 7) is 1.40. The molecule has 7 heteroatoms. The Labute approximate surface area is 192 Å². The fourth-order valence-corrected chi connectivity index (χ4v) is 5.15. The molecule has 3 fully saturated rings. The predicted molar refractivity (Wildman–Crippen MR) is 119 cm³/mol. The molecule has 6 nitrogen and oxygen atoms in total. The molecule has 0 radical (unpaired) electrons. The Kier molecular flexibility index (Phi) is 6.18. The zero-order chi connectivity index (χ0) is 22.3. The number of aliphatic hydroxyl groups excluding tert-OH is 3. The normalized spacial score (nSPS) is 29.4. The molecule has 2 heterocycles. The summed E-state index contributed by atoms with van der Waals surface area (Å²) >= 11 is 6.46. The van der Waals surface area contributed by atoms with Crippen LogP contribution < -0.4 is 4.74 Å². The second-order valence-corrected chi connectivity index (χ2v) is 9.86. The monoisotopic (exact) mass is 460 g/mol. The van der Waals surface area contributed by atoms with Crippen LogP contribution in [-0.4, -0.2) is 59.6 Å². The molecule has 2 aromatic rings. The van der Waals surface area contributed by atoms with Crippen molar-refractivity contribution in [2.45, 2.75) is 56.2 Å². The van der Waals surface area contributed by atoms with Crippen molar-refractivity contribution in [3.05, 3.63) is 64.2 Å². The van der Waals surface area contributed by atoms with E-state index in [-0.39, 0.29) is 19.1 Å². The first-order valence-corrected chi connectivity index (χ1v) is 11.6. The highest BCUT2D eigenvalue weighted by molar-refractivity contribution is 6.31. The number of halogens is 1. The van der Waals surface area contributed by atoms with Crippen LogP contribution in [-0.2, 0) is 15.9 Å². The van der Waals surface area contributed by atoms with E-state index >= 15 is 0 Å². The van der Waals surface area contributed by atoms with Gasteiger partial charge in [0.2, 0.25) is 0 Å². The molecule has 32 heavy (non-hydrogen) atoms. The van der Waals surface area contributed by atoms with Gasteiger partial charge in [0, 0.05) is 16.9 Å². The minimum atomic E-state index is -1.09. The van der Waals surface area contributed by atoms with Crippen molar-refractivity contribution in [3.63, 3.8) is 0 Å². The Morgan fingerprint density at radius 2 is 1.81 bits per heavy atom. The van der Waals surface area contributed by atoms with Gasteiger partial charge in [-0.3, -0.25) is 0 Å². The molecular weight excluding hydrogens is 432 g/mol. The van der Waals surface area contributed by atoms with Gasteiger partial charge in [-0.05, 0) is 54.2 Å². The fourth-order valence-electron chi connectivity index (χ4n) is 4.96. The highest BCUT2D eigenvalue weighted by Crippen LogP contribution is 2.48. The van der Waals surface area contributed by atoms with Crippen LogP contribution in [0.2, 0.25) is 5.02 Å². The largest absolute Gasteiger partial charge is 0.490 e. The molecule has 4 atom stereocenters. The molecule has 2 saturated heterocycles. The van der Waals surface area contributed by atoms with Crippen molar-refractivity contribution >= 4 is 11.6 Å². The number of hydrogen-bond acceptors (Lipinski definition) is 6. The van der Waals surface area contributed by atoms with E-state index in [1.807, 2.05) is 30.3 Å². The summed E-state index contributed by atoms with van der Waals surface area (Å²) in [5.74, 6) is 0.881. The molecule has 0 amide bonds. The Morgan fingerprint density at radius 1 is 1.06 bits per heavy atom. The van der Waals surface area contributed by atoms with E-state index in [1.165, 1.54) is 0 Å². The quantitative estimate of drug-likeness (QED) is 0.614. The second kappa shape index (κ2) is 8.93. The first kappa shape index (κ1) is 22.1. The van der Waals surface area contributed by atoms with E-state index in [0.717, 1.165) is 48.5 Å². The fraction of sp³-hybridized carbons (Fsp3) is 0.520. The highest BCUT2D eigenvalue weighted by Gasteiger charge is 2.51. The molecule has 3 N–H and O–H groups in total. The highest BCUT2D eigenvalue weighted by atomic mass is 35.5. The van der Waals surface area contributed by atoms with Crippen molar-refractivity contribution in [2.24, 2.45) is 5.41 Å². The van der Waals surface area contributed by atoms with Gasteiger partial charge < -0.3 is 29.5 Å². The minimum absolute atomic E-state index is 0.263. The Morgan fingerprint density at radius 3 is 2.47 bits per heavy atom. The first-order valence-electron chi connectivity index (χ1n) is 11.2. The maximum Gasteiger partial charge on any atom is 0.119 e. The summed E-state index contributed by atoms with van der Waals surface area (Å²) in [6.07, 6.45) is 0.0884. The Bertz CT molecular complexity index is 936. The van der Waals surface area contributed by atoms with Crippen LogP contribution in [0.15, 0.2) is 42.5 Å². The molecule has 1 aliphatic carbocycles. The first-order chi connectivity index (χ1) is 15.4. The van der Waals surface area contributed by atoms with Crippen LogP contribution in [0.3, 0.4) is 0 Å². The van der Waals surface area contributed by atoms with E-state index in [0.29, 0.717) is 16.9 Å². The van der Waals surface area contributed by atoms with Crippen molar-refractivity contribution in [3.8, 4) is 5.75 Å². The van der Waals surface area contributed by atoms with Crippen LogP contribution in [0.4, 0.5) is 0 Å². The van der Waals surface area contributed by atoms with Gasteiger partial charge in [-0.1, -0.05) is 35.9 Å². The lowest BCUT2D eigenvalue weighted by Gasteiger charge is -2.52. The van der Waals surface area contributed by atoms with Gasteiger partial charge in [-0.15, -0.1) is 0 Å². The molecule has 2 aliphatic heterocycles. The van der Waals surface area contributed by atoms with Crippen LogP contribution in [0, 0.1) is 5.41 Å². The Hall–Kier alpha value is -1.67. The van der Waals surface area contributed by atoms with Crippen molar-refractivity contribution < 1.29 is 29.5 Å². The third kappa shape index (κ3) is 4.40. The van der Waals surface area contributed by atoms with Gasteiger partial charge in [0.05, 0.1) is 32.0 Å². The number of hydrogen-bond donors (Lipinski definition) is 3. The molecular formula is C25H29ClO6. The minimum Gasteiger partial charge on any atom is -0.490 e. The lowest BCUT2D eigenvalue weighted by Crippen LogP contribution is -2.56. The van der Waals surface area contributed by atoms with Gasteiger partial charge in [-0.25, -0.2) is 0 Å². The van der Waals surface area contributed by atoms with Crippen molar-refractivity contribution in [2.75, 3.05) is 19.8 Å². The molecule has 0 aromatic heterocycles. The molecule has 172 valence electrons. The summed E-state index contributed by atoms with van der Waals surface area (Å²) in [7, 11) is 0. The van der Waals surface area contributed by atoms with Gasteiger partial charge in [0.25, 0.3) is 0 Å². The third-order valence-electron chi connectivity index (χ3n) is 6.95. The zero-order valence-corrected chi connectivity index (χ0v) is 18.6. The molecule has 2 aromatic carbocycles. The Balaban J connectivity index is 1.23. The van der Waals surface area contributed by atoms with E-state index in [4.69, 9.17) is 25.8 Å². The summed E-state index contributed by atoms with van der Waals surface area (Å²) in [6, 6.07) is 13.8. The number of ether oxygens (including phenoxy) is 3.